The number of rotatable bonds is 28. The Hall–Kier alpha value is -0.690. The van der Waals surface area contributed by atoms with Crippen LogP contribution in [0.15, 0.2) is 0 Å². The second kappa shape index (κ2) is 26.9. The van der Waals surface area contributed by atoms with E-state index in [1.807, 2.05) is 0 Å². The highest BCUT2D eigenvalue weighted by molar-refractivity contribution is 5.75. The Balaban J connectivity index is 4.32. The molecule has 0 radical (unpaired) electrons. The van der Waals surface area contributed by atoms with Gasteiger partial charge in [0.15, 0.2) is 0 Å². The maximum absolute atomic E-state index is 11.5. The number of unbranched alkanes of at least 4 members (excludes halogenated alkanes) is 15. The SMILES string of the molecule is CCCCCCCCCCC(O)CN(CCCC[C@H](N)C(=O)OC)CC(O)CCCCCCCCCC. The number of carbonyl (C=O) groups is 1. The highest BCUT2D eigenvalue weighted by Crippen LogP contribution is 2.14. The normalized spacial score (nSPS) is 14.1. The van der Waals surface area contributed by atoms with Crippen molar-refractivity contribution in [1.82, 2.24) is 4.90 Å². The van der Waals surface area contributed by atoms with Crippen molar-refractivity contribution in [1.29, 1.82) is 0 Å². The standard InChI is InChI=1S/C31H64N2O4/c1-4-6-8-10-12-14-16-18-22-28(34)26-33(25-21-20-24-30(32)31(36)37-3)27-29(35)23-19-17-15-13-11-9-7-5-2/h28-30,34-35H,4-27,32H2,1-3H3/t28?,29?,30-/m0/s1. The van der Waals surface area contributed by atoms with Gasteiger partial charge in [-0.2, -0.15) is 0 Å². The lowest BCUT2D eigenvalue weighted by molar-refractivity contribution is -0.142. The summed E-state index contributed by atoms with van der Waals surface area (Å²) in [5.74, 6) is -0.363. The van der Waals surface area contributed by atoms with Crippen molar-refractivity contribution in [2.45, 2.75) is 167 Å². The maximum Gasteiger partial charge on any atom is 0.322 e. The molecule has 4 N–H and O–H groups in total. The zero-order chi connectivity index (χ0) is 27.6. The van der Waals surface area contributed by atoms with Gasteiger partial charge in [-0.15, -0.1) is 0 Å². The minimum Gasteiger partial charge on any atom is -0.468 e. The van der Waals surface area contributed by atoms with E-state index in [1.165, 1.54) is 97.0 Å². The summed E-state index contributed by atoms with van der Waals surface area (Å²) >= 11 is 0. The first-order valence-corrected chi connectivity index (χ1v) is 15.9. The molecule has 0 aromatic carbocycles. The van der Waals surface area contributed by atoms with Crippen LogP contribution >= 0.6 is 0 Å². The van der Waals surface area contributed by atoms with Crippen molar-refractivity contribution in [2.75, 3.05) is 26.7 Å². The number of hydrogen-bond acceptors (Lipinski definition) is 6. The van der Waals surface area contributed by atoms with E-state index in [0.29, 0.717) is 19.5 Å². The molecule has 0 fully saturated rings. The monoisotopic (exact) mass is 528 g/mol. The van der Waals surface area contributed by atoms with Gasteiger partial charge in [0.1, 0.15) is 6.04 Å². The summed E-state index contributed by atoms with van der Waals surface area (Å²) in [6.07, 6.45) is 23.5. The number of aliphatic hydroxyl groups is 2. The van der Waals surface area contributed by atoms with E-state index in [-0.39, 0.29) is 18.2 Å². The first-order valence-electron chi connectivity index (χ1n) is 15.9. The van der Waals surface area contributed by atoms with Gasteiger partial charge in [0.2, 0.25) is 0 Å². The predicted octanol–water partition coefficient (Wildman–Crippen LogP) is 6.74. The summed E-state index contributed by atoms with van der Waals surface area (Å²) in [6, 6.07) is -0.571. The Bertz CT molecular complexity index is 464. The fraction of sp³-hybridized carbons (Fsp3) is 0.968. The summed E-state index contributed by atoms with van der Waals surface area (Å²) in [7, 11) is 1.37. The number of hydrogen-bond donors (Lipinski definition) is 3. The molecule has 3 atom stereocenters. The van der Waals surface area contributed by atoms with Crippen molar-refractivity contribution in [3.63, 3.8) is 0 Å². The molecule has 6 heteroatoms. The van der Waals surface area contributed by atoms with E-state index in [1.54, 1.807) is 0 Å². The molecule has 0 aromatic heterocycles. The van der Waals surface area contributed by atoms with Gasteiger partial charge in [0.25, 0.3) is 0 Å². The molecule has 0 aliphatic heterocycles. The van der Waals surface area contributed by atoms with Crippen LogP contribution in [0.25, 0.3) is 0 Å². The molecule has 222 valence electrons. The highest BCUT2D eigenvalue weighted by atomic mass is 16.5. The highest BCUT2D eigenvalue weighted by Gasteiger charge is 2.17. The number of carbonyl (C=O) groups excluding carboxylic acids is 1. The van der Waals surface area contributed by atoms with Crippen molar-refractivity contribution < 1.29 is 19.7 Å². The molecule has 2 unspecified atom stereocenters. The van der Waals surface area contributed by atoms with Crippen molar-refractivity contribution in [3.05, 3.63) is 0 Å². The quantitative estimate of drug-likeness (QED) is 0.0768. The van der Waals surface area contributed by atoms with Crippen LogP contribution < -0.4 is 5.73 Å². The topological polar surface area (TPSA) is 96.0 Å². The molecule has 6 nitrogen and oxygen atoms in total. The summed E-state index contributed by atoms with van der Waals surface area (Å²) in [6.45, 7) is 6.51. The number of aliphatic hydroxyl groups excluding tert-OH is 2. The van der Waals surface area contributed by atoms with Crippen molar-refractivity contribution in [3.8, 4) is 0 Å². The molecule has 0 aliphatic carbocycles. The summed E-state index contributed by atoms with van der Waals surface area (Å²) in [5.41, 5.74) is 5.86. The lowest BCUT2D eigenvalue weighted by Crippen LogP contribution is -2.39. The molecule has 0 heterocycles. The minimum absolute atomic E-state index is 0.354. The van der Waals surface area contributed by atoms with E-state index in [2.05, 4.69) is 18.7 Å². The number of nitrogens with two attached hydrogens (primary N) is 1. The van der Waals surface area contributed by atoms with Crippen LogP contribution in [-0.4, -0.2) is 66.1 Å². The molecule has 0 saturated carbocycles. The van der Waals surface area contributed by atoms with Crippen LogP contribution in [0.1, 0.15) is 149 Å². The Morgan fingerprint density at radius 3 is 1.43 bits per heavy atom. The second-order valence-corrected chi connectivity index (χ2v) is 11.2. The van der Waals surface area contributed by atoms with E-state index in [0.717, 1.165) is 45.1 Å². The third-order valence-corrected chi connectivity index (χ3v) is 7.46. The third kappa shape index (κ3) is 24.1. The van der Waals surface area contributed by atoms with Gasteiger partial charge in [-0.1, -0.05) is 123 Å². The summed E-state index contributed by atoms with van der Waals surface area (Å²) in [5, 5.41) is 21.4. The van der Waals surface area contributed by atoms with Crippen LogP contribution in [0, 0.1) is 0 Å². The van der Waals surface area contributed by atoms with Crippen LogP contribution in [0.4, 0.5) is 0 Å². The molecule has 0 aliphatic rings. The van der Waals surface area contributed by atoms with Crippen molar-refractivity contribution in [2.24, 2.45) is 5.73 Å². The second-order valence-electron chi connectivity index (χ2n) is 11.2. The molecule has 37 heavy (non-hydrogen) atoms. The van der Waals surface area contributed by atoms with Crippen LogP contribution in [0.2, 0.25) is 0 Å². The Labute approximate surface area is 230 Å². The molecule has 0 bridgehead atoms. The van der Waals surface area contributed by atoms with Gasteiger partial charge in [-0.25, -0.2) is 0 Å². The molecule has 0 rings (SSSR count). The number of methoxy groups -OCH3 is 1. The van der Waals surface area contributed by atoms with Gasteiger partial charge in [-0.3, -0.25) is 9.69 Å². The summed E-state index contributed by atoms with van der Waals surface area (Å²) in [4.78, 5) is 13.7. The van der Waals surface area contributed by atoms with E-state index in [4.69, 9.17) is 10.5 Å². The number of nitrogens with zero attached hydrogens (tertiary/aromatic N) is 1. The fourth-order valence-corrected chi connectivity index (χ4v) is 5.03. The predicted molar refractivity (Wildman–Crippen MR) is 157 cm³/mol. The fourth-order valence-electron chi connectivity index (χ4n) is 5.03. The minimum atomic E-state index is -0.571. The lowest BCUT2D eigenvalue weighted by atomic mass is 10.0. The molecule has 0 aromatic rings. The maximum atomic E-state index is 11.5. The van der Waals surface area contributed by atoms with Crippen molar-refractivity contribution >= 4 is 5.97 Å². The van der Waals surface area contributed by atoms with E-state index in [9.17, 15) is 15.0 Å². The van der Waals surface area contributed by atoms with Crippen LogP contribution in [-0.2, 0) is 9.53 Å². The smallest absolute Gasteiger partial charge is 0.322 e. The Kier molecular flexibility index (Phi) is 26.4. The van der Waals surface area contributed by atoms with Gasteiger partial charge in [-0.05, 0) is 32.2 Å². The Morgan fingerprint density at radius 2 is 1.03 bits per heavy atom. The average molecular weight is 529 g/mol. The van der Waals surface area contributed by atoms with E-state index < -0.39 is 6.04 Å². The van der Waals surface area contributed by atoms with E-state index >= 15 is 0 Å². The molecular formula is C31H64N2O4. The number of esters is 1. The van der Waals surface area contributed by atoms with Gasteiger partial charge in [0.05, 0.1) is 19.3 Å². The largest absolute Gasteiger partial charge is 0.468 e. The van der Waals surface area contributed by atoms with Crippen LogP contribution in [0.5, 0.6) is 0 Å². The molecule has 0 amide bonds. The summed E-state index contributed by atoms with van der Waals surface area (Å²) < 4.78 is 4.71. The zero-order valence-electron chi connectivity index (χ0n) is 24.9. The van der Waals surface area contributed by atoms with Gasteiger partial charge < -0.3 is 20.7 Å². The third-order valence-electron chi connectivity index (χ3n) is 7.46. The average Bonchev–Trinajstić information content (AvgIpc) is 2.88. The lowest BCUT2D eigenvalue weighted by Gasteiger charge is -2.27. The number of ether oxygens (including phenoxy) is 1. The molecule has 0 saturated heterocycles. The van der Waals surface area contributed by atoms with Gasteiger partial charge >= 0.3 is 5.97 Å². The Morgan fingerprint density at radius 1 is 0.649 bits per heavy atom. The van der Waals surface area contributed by atoms with Crippen LogP contribution in [0.3, 0.4) is 0 Å². The zero-order valence-corrected chi connectivity index (χ0v) is 24.9. The molecule has 0 spiro atoms. The molecular weight excluding hydrogens is 464 g/mol. The first-order chi connectivity index (χ1) is 17.9. The van der Waals surface area contributed by atoms with Gasteiger partial charge in [0, 0.05) is 13.1 Å². The first kappa shape index (κ1) is 36.3.